The zero-order valence-electron chi connectivity index (χ0n) is 15.8. The van der Waals surface area contributed by atoms with Crippen LogP contribution in [0.25, 0.3) is 10.9 Å². The Labute approximate surface area is 163 Å². The lowest BCUT2D eigenvalue weighted by atomic mass is 9.96. The zero-order chi connectivity index (χ0) is 19.5. The quantitative estimate of drug-likeness (QED) is 0.525. The molecule has 0 saturated carbocycles. The second kappa shape index (κ2) is 7.56. The molecule has 0 fully saturated rings. The number of methoxy groups -OCH3 is 1. The van der Waals surface area contributed by atoms with Crippen molar-refractivity contribution >= 4 is 16.7 Å². The first-order valence-electron chi connectivity index (χ1n) is 9.06. The highest BCUT2D eigenvalue weighted by atomic mass is 16.5. The number of phenolic OH excluding ortho intramolecular Hbond substituents is 1. The van der Waals surface area contributed by atoms with Crippen molar-refractivity contribution in [3.63, 3.8) is 0 Å². The van der Waals surface area contributed by atoms with Crippen molar-refractivity contribution in [1.29, 1.82) is 0 Å². The van der Waals surface area contributed by atoms with E-state index in [1.807, 2.05) is 73.7 Å². The summed E-state index contributed by atoms with van der Waals surface area (Å²) in [5.41, 5.74) is 3.17. The Bertz CT molecular complexity index is 1130. The second-order valence-electron chi connectivity index (χ2n) is 6.60. The summed E-state index contributed by atoms with van der Waals surface area (Å²) in [4.78, 5) is 8.91. The summed E-state index contributed by atoms with van der Waals surface area (Å²) in [6, 6.07) is 21.0. The standard InChI is InChI=1S/C23H21N3O2/c1-15-6-3-10-20(25-15)26-21(17-7-4-9-18(14-17)28-2)19-12-11-16-8-5-13-24-22(16)23(19)27/h3-14,21,27H,1-2H3,(H,25,26)/t21-/m1/s1. The molecule has 0 spiro atoms. The summed E-state index contributed by atoms with van der Waals surface area (Å²) in [6.07, 6.45) is 1.68. The number of aromatic nitrogens is 2. The number of aromatic hydroxyl groups is 1. The van der Waals surface area contributed by atoms with E-state index in [1.165, 1.54) is 0 Å². The van der Waals surface area contributed by atoms with Crippen LogP contribution in [0.5, 0.6) is 11.5 Å². The van der Waals surface area contributed by atoms with Crippen LogP contribution in [0.2, 0.25) is 0 Å². The average Bonchev–Trinajstić information content (AvgIpc) is 2.73. The molecular weight excluding hydrogens is 350 g/mol. The monoisotopic (exact) mass is 371 g/mol. The molecule has 4 rings (SSSR count). The molecule has 0 aliphatic carbocycles. The predicted octanol–water partition coefficient (Wildman–Crippen LogP) is 4.85. The lowest BCUT2D eigenvalue weighted by Gasteiger charge is -2.22. The molecule has 0 amide bonds. The highest BCUT2D eigenvalue weighted by Crippen LogP contribution is 2.37. The van der Waals surface area contributed by atoms with Crippen molar-refractivity contribution in [1.82, 2.24) is 9.97 Å². The van der Waals surface area contributed by atoms with Gasteiger partial charge in [0, 0.05) is 22.8 Å². The van der Waals surface area contributed by atoms with Crippen molar-refractivity contribution in [3.8, 4) is 11.5 Å². The van der Waals surface area contributed by atoms with E-state index in [0.717, 1.165) is 33.8 Å². The third-order valence-electron chi connectivity index (χ3n) is 4.70. The Kier molecular flexibility index (Phi) is 4.81. The number of hydrogen-bond donors (Lipinski definition) is 2. The number of rotatable bonds is 5. The molecule has 1 atom stereocenters. The van der Waals surface area contributed by atoms with Gasteiger partial charge in [-0.05, 0) is 42.8 Å². The van der Waals surface area contributed by atoms with Gasteiger partial charge in [0.1, 0.15) is 22.8 Å². The van der Waals surface area contributed by atoms with Crippen molar-refractivity contribution in [3.05, 3.63) is 89.7 Å². The number of fused-ring (bicyclic) bond motifs is 1. The summed E-state index contributed by atoms with van der Waals surface area (Å²) < 4.78 is 5.39. The molecule has 5 nitrogen and oxygen atoms in total. The van der Waals surface area contributed by atoms with Crippen LogP contribution in [-0.4, -0.2) is 22.2 Å². The second-order valence-corrected chi connectivity index (χ2v) is 6.60. The molecule has 4 aromatic rings. The molecule has 0 bridgehead atoms. The van der Waals surface area contributed by atoms with Crippen LogP contribution < -0.4 is 10.1 Å². The largest absolute Gasteiger partial charge is 0.505 e. The maximum absolute atomic E-state index is 11.0. The Morgan fingerprint density at radius 1 is 1.00 bits per heavy atom. The third-order valence-corrected chi connectivity index (χ3v) is 4.70. The number of anilines is 1. The number of nitrogens with zero attached hydrogens (tertiary/aromatic N) is 2. The van der Waals surface area contributed by atoms with Gasteiger partial charge in [-0.1, -0.05) is 36.4 Å². The van der Waals surface area contributed by atoms with Crippen molar-refractivity contribution in [2.45, 2.75) is 13.0 Å². The lowest BCUT2D eigenvalue weighted by Crippen LogP contribution is -2.14. The molecule has 2 heterocycles. The van der Waals surface area contributed by atoms with Crippen LogP contribution in [0.1, 0.15) is 22.9 Å². The molecule has 140 valence electrons. The molecule has 0 unspecified atom stereocenters. The molecule has 2 aromatic carbocycles. The fourth-order valence-electron chi connectivity index (χ4n) is 3.31. The van der Waals surface area contributed by atoms with Crippen LogP contribution in [0.3, 0.4) is 0 Å². The number of phenols is 1. The van der Waals surface area contributed by atoms with Gasteiger partial charge in [-0.25, -0.2) is 4.98 Å². The summed E-state index contributed by atoms with van der Waals surface area (Å²) in [5.74, 6) is 1.64. The van der Waals surface area contributed by atoms with E-state index in [4.69, 9.17) is 4.74 Å². The van der Waals surface area contributed by atoms with E-state index in [1.54, 1.807) is 13.3 Å². The van der Waals surface area contributed by atoms with Crippen molar-refractivity contribution < 1.29 is 9.84 Å². The number of hydrogen-bond acceptors (Lipinski definition) is 5. The van der Waals surface area contributed by atoms with Gasteiger partial charge in [0.25, 0.3) is 0 Å². The van der Waals surface area contributed by atoms with Crippen LogP contribution in [0.4, 0.5) is 5.82 Å². The first-order valence-corrected chi connectivity index (χ1v) is 9.06. The lowest BCUT2D eigenvalue weighted by molar-refractivity contribution is 0.414. The van der Waals surface area contributed by atoms with Gasteiger partial charge >= 0.3 is 0 Å². The molecule has 0 aliphatic heterocycles. The number of ether oxygens (including phenoxy) is 1. The Morgan fingerprint density at radius 2 is 1.86 bits per heavy atom. The average molecular weight is 371 g/mol. The van der Waals surface area contributed by atoms with Gasteiger partial charge in [-0.2, -0.15) is 0 Å². The Hall–Kier alpha value is -3.60. The zero-order valence-corrected chi connectivity index (χ0v) is 15.8. The molecule has 28 heavy (non-hydrogen) atoms. The minimum Gasteiger partial charge on any atom is -0.505 e. The topological polar surface area (TPSA) is 67.3 Å². The third kappa shape index (κ3) is 3.47. The van der Waals surface area contributed by atoms with Gasteiger partial charge in [-0.3, -0.25) is 4.98 Å². The van der Waals surface area contributed by atoms with Gasteiger partial charge in [0.05, 0.1) is 13.2 Å². The molecular formula is C23H21N3O2. The van der Waals surface area contributed by atoms with E-state index in [0.29, 0.717) is 5.52 Å². The molecule has 5 heteroatoms. The summed E-state index contributed by atoms with van der Waals surface area (Å²) in [7, 11) is 1.64. The first kappa shape index (κ1) is 17.8. The van der Waals surface area contributed by atoms with Crippen LogP contribution in [0, 0.1) is 6.92 Å². The fourth-order valence-corrected chi connectivity index (χ4v) is 3.31. The minimum atomic E-state index is -0.323. The fraction of sp³-hybridized carbons (Fsp3) is 0.130. The van der Waals surface area contributed by atoms with E-state index in [9.17, 15) is 5.11 Å². The maximum atomic E-state index is 11.0. The SMILES string of the molecule is COc1cccc([C@@H](Nc2cccc(C)n2)c2ccc3cccnc3c2O)c1. The van der Waals surface area contributed by atoms with Gasteiger partial charge in [-0.15, -0.1) is 0 Å². The van der Waals surface area contributed by atoms with Gasteiger partial charge in [0.2, 0.25) is 0 Å². The number of pyridine rings is 2. The highest BCUT2D eigenvalue weighted by molar-refractivity contribution is 5.86. The molecule has 0 aliphatic rings. The summed E-state index contributed by atoms with van der Waals surface area (Å²) in [6.45, 7) is 1.95. The van der Waals surface area contributed by atoms with Crippen molar-refractivity contribution in [2.24, 2.45) is 0 Å². The normalized spacial score (nSPS) is 11.9. The Balaban J connectivity index is 1.86. The molecule has 2 N–H and O–H groups in total. The smallest absolute Gasteiger partial charge is 0.147 e. The Morgan fingerprint density at radius 3 is 2.68 bits per heavy atom. The number of aryl methyl sites for hydroxylation is 1. The minimum absolute atomic E-state index is 0.158. The van der Waals surface area contributed by atoms with Crippen LogP contribution in [-0.2, 0) is 0 Å². The first-order chi connectivity index (χ1) is 13.7. The van der Waals surface area contributed by atoms with Crippen LogP contribution >= 0.6 is 0 Å². The van der Waals surface area contributed by atoms with E-state index in [2.05, 4.69) is 15.3 Å². The molecule has 2 aromatic heterocycles. The molecule has 0 saturated heterocycles. The van der Waals surface area contributed by atoms with Crippen LogP contribution in [0.15, 0.2) is 72.9 Å². The van der Waals surface area contributed by atoms with Gasteiger partial charge < -0.3 is 15.2 Å². The van der Waals surface area contributed by atoms with E-state index >= 15 is 0 Å². The maximum Gasteiger partial charge on any atom is 0.147 e. The van der Waals surface area contributed by atoms with E-state index in [-0.39, 0.29) is 11.8 Å². The molecule has 0 radical (unpaired) electrons. The number of nitrogens with one attached hydrogen (secondary N) is 1. The summed E-state index contributed by atoms with van der Waals surface area (Å²) >= 11 is 0. The summed E-state index contributed by atoms with van der Waals surface area (Å²) in [5, 5.41) is 15.3. The van der Waals surface area contributed by atoms with Crippen molar-refractivity contribution in [2.75, 3.05) is 12.4 Å². The van der Waals surface area contributed by atoms with E-state index < -0.39 is 0 Å². The number of benzene rings is 2. The van der Waals surface area contributed by atoms with Gasteiger partial charge in [0.15, 0.2) is 0 Å². The predicted molar refractivity (Wildman–Crippen MR) is 111 cm³/mol. The highest BCUT2D eigenvalue weighted by Gasteiger charge is 2.21.